The van der Waals surface area contributed by atoms with Gasteiger partial charge in [0.15, 0.2) is 0 Å². The average molecular weight is 168 g/mol. The summed E-state index contributed by atoms with van der Waals surface area (Å²) in [4.78, 5) is 11.4. The quantitative estimate of drug-likeness (QED) is 0.642. The minimum Gasteiger partial charge on any atom is -0.390 e. The Morgan fingerprint density at radius 1 is 1.58 bits per heavy atom. The normalized spacial score (nSPS) is 46.2. The van der Waals surface area contributed by atoms with Crippen LogP contribution in [0.1, 0.15) is 33.6 Å². The summed E-state index contributed by atoms with van der Waals surface area (Å²) in [6.45, 7) is 5.66. The van der Waals surface area contributed by atoms with Crippen LogP contribution < -0.4 is 0 Å². The highest BCUT2D eigenvalue weighted by Crippen LogP contribution is 2.69. The first-order chi connectivity index (χ1) is 5.38. The number of rotatable bonds is 1. The predicted molar refractivity (Wildman–Crippen MR) is 45.6 cm³/mol. The SMILES string of the molecule is C[C@@H]1C(=O)C[C@]2(C(C)(C)O)CC12. The number of carbonyl (C=O) groups excluding carboxylic acids is 1. The summed E-state index contributed by atoms with van der Waals surface area (Å²) in [5, 5.41) is 9.90. The molecule has 0 aromatic carbocycles. The fourth-order valence-corrected chi connectivity index (χ4v) is 2.81. The summed E-state index contributed by atoms with van der Waals surface area (Å²) in [5.41, 5.74) is -0.721. The van der Waals surface area contributed by atoms with Crippen LogP contribution in [0.3, 0.4) is 0 Å². The lowest BCUT2D eigenvalue weighted by Crippen LogP contribution is -2.33. The highest BCUT2D eigenvalue weighted by molar-refractivity contribution is 5.86. The molecule has 1 unspecified atom stereocenters. The van der Waals surface area contributed by atoms with E-state index < -0.39 is 5.60 Å². The molecule has 3 atom stereocenters. The lowest BCUT2D eigenvalue weighted by molar-refractivity contribution is -0.122. The van der Waals surface area contributed by atoms with Crippen molar-refractivity contribution in [1.29, 1.82) is 0 Å². The van der Waals surface area contributed by atoms with E-state index in [-0.39, 0.29) is 11.3 Å². The van der Waals surface area contributed by atoms with Crippen molar-refractivity contribution in [1.82, 2.24) is 0 Å². The van der Waals surface area contributed by atoms with Crippen LogP contribution >= 0.6 is 0 Å². The second kappa shape index (κ2) is 1.92. The number of hydrogen-bond donors (Lipinski definition) is 1. The standard InChI is InChI=1S/C10H16O2/c1-6-7-4-10(7,5-8(6)11)9(2,3)12/h6-7,12H,4-5H2,1-3H3/t6-,7?,10+/m0/s1. The van der Waals surface area contributed by atoms with Gasteiger partial charge in [-0.2, -0.15) is 0 Å². The fraction of sp³-hybridized carbons (Fsp3) is 0.900. The summed E-state index contributed by atoms with van der Waals surface area (Å²) >= 11 is 0. The van der Waals surface area contributed by atoms with Crippen molar-refractivity contribution < 1.29 is 9.90 Å². The number of carbonyl (C=O) groups is 1. The Morgan fingerprint density at radius 3 is 2.42 bits per heavy atom. The van der Waals surface area contributed by atoms with Crippen molar-refractivity contribution in [2.24, 2.45) is 17.3 Å². The Labute approximate surface area is 73.0 Å². The van der Waals surface area contributed by atoms with Gasteiger partial charge in [-0.15, -0.1) is 0 Å². The van der Waals surface area contributed by atoms with E-state index in [2.05, 4.69) is 0 Å². The Balaban J connectivity index is 2.26. The maximum atomic E-state index is 11.4. The summed E-state index contributed by atoms with van der Waals surface area (Å²) in [5.74, 6) is 0.995. The van der Waals surface area contributed by atoms with Gasteiger partial charge in [0, 0.05) is 17.8 Å². The van der Waals surface area contributed by atoms with Crippen LogP contribution in [0.25, 0.3) is 0 Å². The molecule has 0 spiro atoms. The molecule has 0 radical (unpaired) electrons. The first-order valence-corrected chi connectivity index (χ1v) is 4.63. The van der Waals surface area contributed by atoms with Gasteiger partial charge in [0.25, 0.3) is 0 Å². The molecule has 2 heteroatoms. The van der Waals surface area contributed by atoms with Crippen LogP contribution in [0.15, 0.2) is 0 Å². The van der Waals surface area contributed by atoms with E-state index in [4.69, 9.17) is 0 Å². The number of hydrogen-bond acceptors (Lipinski definition) is 2. The monoisotopic (exact) mass is 168 g/mol. The predicted octanol–water partition coefficient (Wildman–Crippen LogP) is 1.37. The van der Waals surface area contributed by atoms with Crippen molar-refractivity contribution in [3.05, 3.63) is 0 Å². The second-order valence-corrected chi connectivity index (χ2v) is 4.96. The molecular weight excluding hydrogens is 152 g/mol. The fourth-order valence-electron chi connectivity index (χ4n) is 2.81. The number of Topliss-reactive ketones (excluding diaryl/α,β-unsaturated/α-hetero) is 1. The molecule has 2 nitrogen and oxygen atoms in total. The van der Waals surface area contributed by atoms with Crippen molar-refractivity contribution in [2.45, 2.75) is 39.2 Å². The molecule has 0 saturated heterocycles. The second-order valence-electron chi connectivity index (χ2n) is 4.96. The Bertz CT molecular complexity index is 239. The van der Waals surface area contributed by atoms with Crippen molar-refractivity contribution in [3.63, 3.8) is 0 Å². The highest BCUT2D eigenvalue weighted by Gasteiger charge is 2.69. The molecule has 68 valence electrons. The van der Waals surface area contributed by atoms with E-state index >= 15 is 0 Å². The van der Waals surface area contributed by atoms with Gasteiger partial charge in [0.2, 0.25) is 0 Å². The third-order valence-corrected chi connectivity index (χ3v) is 3.95. The lowest BCUT2D eigenvalue weighted by Gasteiger charge is -2.27. The molecule has 0 aliphatic heterocycles. The van der Waals surface area contributed by atoms with Crippen LogP contribution in [0.2, 0.25) is 0 Å². The molecule has 0 heterocycles. The van der Waals surface area contributed by atoms with Crippen LogP contribution in [-0.4, -0.2) is 16.5 Å². The van der Waals surface area contributed by atoms with Gasteiger partial charge in [0.05, 0.1) is 5.60 Å². The summed E-state index contributed by atoms with van der Waals surface area (Å²) < 4.78 is 0. The minimum atomic E-state index is -0.669. The van der Waals surface area contributed by atoms with Gasteiger partial charge in [-0.1, -0.05) is 6.92 Å². The molecule has 2 fully saturated rings. The van der Waals surface area contributed by atoms with E-state index in [1.54, 1.807) is 0 Å². The Kier molecular flexibility index (Phi) is 1.32. The topological polar surface area (TPSA) is 37.3 Å². The molecule has 2 aliphatic rings. The maximum absolute atomic E-state index is 11.4. The molecule has 0 amide bonds. The van der Waals surface area contributed by atoms with Crippen molar-refractivity contribution >= 4 is 5.78 Å². The molecule has 0 bridgehead atoms. The van der Waals surface area contributed by atoms with E-state index in [1.807, 2.05) is 20.8 Å². The van der Waals surface area contributed by atoms with E-state index in [1.165, 1.54) is 0 Å². The molecule has 12 heavy (non-hydrogen) atoms. The van der Waals surface area contributed by atoms with Crippen LogP contribution in [0.4, 0.5) is 0 Å². The molecule has 0 aromatic heterocycles. The zero-order valence-corrected chi connectivity index (χ0v) is 7.92. The largest absolute Gasteiger partial charge is 0.390 e. The van der Waals surface area contributed by atoms with Gasteiger partial charge < -0.3 is 5.11 Å². The molecule has 0 aromatic rings. The van der Waals surface area contributed by atoms with Crippen LogP contribution in [0, 0.1) is 17.3 Å². The van der Waals surface area contributed by atoms with Gasteiger partial charge in [-0.3, -0.25) is 4.79 Å². The van der Waals surface area contributed by atoms with E-state index in [9.17, 15) is 9.90 Å². The first-order valence-electron chi connectivity index (χ1n) is 4.63. The van der Waals surface area contributed by atoms with Gasteiger partial charge in [0.1, 0.15) is 5.78 Å². The number of fused-ring (bicyclic) bond motifs is 1. The smallest absolute Gasteiger partial charge is 0.136 e. The van der Waals surface area contributed by atoms with E-state index in [0.717, 1.165) is 6.42 Å². The van der Waals surface area contributed by atoms with Crippen LogP contribution in [0.5, 0.6) is 0 Å². The molecule has 2 saturated carbocycles. The van der Waals surface area contributed by atoms with Crippen molar-refractivity contribution in [3.8, 4) is 0 Å². The number of ketones is 1. The summed E-state index contributed by atoms with van der Waals surface area (Å²) in [7, 11) is 0. The minimum absolute atomic E-state index is 0.0521. The molecule has 2 rings (SSSR count). The lowest BCUT2D eigenvalue weighted by atomic mass is 9.85. The third-order valence-electron chi connectivity index (χ3n) is 3.95. The van der Waals surface area contributed by atoms with Gasteiger partial charge in [-0.25, -0.2) is 0 Å². The summed E-state index contributed by atoms with van der Waals surface area (Å²) in [6, 6.07) is 0. The molecule has 1 N–H and O–H groups in total. The van der Waals surface area contributed by atoms with Gasteiger partial charge >= 0.3 is 0 Å². The van der Waals surface area contributed by atoms with Crippen molar-refractivity contribution in [2.75, 3.05) is 0 Å². The third kappa shape index (κ3) is 0.764. The molecule has 2 aliphatic carbocycles. The van der Waals surface area contributed by atoms with Gasteiger partial charge in [-0.05, 0) is 26.2 Å². The summed E-state index contributed by atoms with van der Waals surface area (Å²) in [6.07, 6.45) is 1.64. The highest BCUT2D eigenvalue weighted by atomic mass is 16.3. The molecular formula is C10H16O2. The number of aliphatic hydroxyl groups is 1. The zero-order valence-electron chi connectivity index (χ0n) is 7.92. The average Bonchev–Trinajstić information content (AvgIpc) is 2.55. The maximum Gasteiger partial charge on any atom is 0.136 e. The Hall–Kier alpha value is -0.370. The Morgan fingerprint density at radius 2 is 2.17 bits per heavy atom. The zero-order chi connectivity index (χ0) is 9.15. The van der Waals surface area contributed by atoms with Crippen LogP contribution in [-0.2, 0) is 4.79 Å². The first kappa shape index (κ1) is 8.24. The van der Waals surface area contributed by atoms with E-state index in [0.29, 0.717) is 18.1 Å².